The Balaban J connectivity index is 0.00000288. The van der Waals surface area contributed by atoms with Gasteiger partial charge in [0.15, 0.2) is 5.96 Å². The average Bonchev–Trinajstić information content (AvgIpc) is 2.55. The topological polar surface area (TPSA) is 65.9 Å². The fourth-order valence-electron chi connectivity index (χ4n) is 2.45. The molecule has 1 saturated heterocycles. The van der Waals surface area contributed by atoms with Crippen molar-refractivity contribution in [2.75, 3.05) is 32.8 Å². The maximum Gasteiger partial charge on any atom is 0.191 e. The number of guanidine groups is 1. The molecule has 136 valence electrons. The zero-order valence-electron chi connectivity index (χ0n) is 14.1. The Bertz CT molecular complexity index is 505. The predicted octanol–water partition coefficient (Wildman–Crippen LogP) is 2.08. The van der Waals surface area contributed by atoms with Crippen LogP contribution in [0.25, 0.3) is 0 Å². The van der Waals surface area contributed by atoms with Gasteiger partial charge >= 0.3 is 0 Å². The van der Waals surface area contributed by atoms with Crippen LogP contribution in [-0.4, -0.2) is 49.5 Å². The zero-order valence-corrected chi connectivity index (χ0v) is 16.4. The van der Waals surface area contributed by atoms with Gasteiger partial charge in [-0.15, -0.1) is 24.0 Å². The molecule has 1 aliphatic heterocycles. The second kappa shape index (κ2) is 10.8. The third kappa shape index (κ3) is 7.31. The first-order chi connectivity index (χ1) is 11.1. The van der Waals surface area contributed by atoms with Crippen molar-refractivity contribution in [2.24, 2.45) is 4.99 Å². The fourth-order valence-corrected chi connectivity index (χ4v) is 2.45. The molecule has 24 heavy (non-hydrogen) atoms. The largest absolute Gasteiger partial charge is 0.388 e. The van der Waals surface area contributed by atoms with E-state index in [1.807, 2.05) is 6.92 Å². The summed E-state index contributed by atoms with van der Waals surface area (Å²) in [5.41, 5.74) is 0.301. The average molecular weight is 451 g/mol. The lowest BCUT2D eigenvalue weighted by atomic mass is 9.95. The van der Waals surface area contributed by atoms with Crippen LogP contribution in [0.5, 0.6) is 0 Å². The molecular weight excluding hydrogens is 424 g/mol. The number of hydrogen-bond acceptors (Lipinski definition) is 3. The van der Waals surface area contributed by atoms with E-state index in [1.54, 1.807) is 12.1 Å². The van der Waals surface area contributed by atoms with Crippen LogP contribution in [0.15, 0.2) is 29.3 Å². The van der Waals surface area contributed by atoms with Crippen molar-refractivity contribution in [3.8, 4) is 0 Å². The lowest BCUT2D eigenvalue weighted by Gasteiger charge is -2.30. The molecule has 0 aromatic heterocycles. The summed E-state index contributed by atoms with van der Waals surface area (Å²) in [5, 5.41) is 16.9. The van der Waals surface area contributed by atoms with E-state index in [4.69, 9.17) is 4.74 Å². The van der Waals surface area contributed by atoms with Crippen LogP contribution in [0.4, 0.5) is 4.39 Å². The summed E-state index contributed by atoms with van der Waals surface area (Å²) in [6.07, 6.45) is 2.01. The van der Waals surface area contributed by atoms with Gasteiger partial charge in [-0.2, -0.15) is 0 Å². The van der Waals surface area contributed by atoms with Crippen LogP contribution >= 0.6 is 24.0 Å². The quantitative estimate of drug-likeness (QED) is 0.352. The number of nitrogens with zero attached hydrogens (tertiary/aromatic N) is 1. The van der Waals surface area contributed by atoms with Crippen LogP contribution in [0.2, 0.25) is 0 Å². The van der Waals surface area contributed by atoms with E-state index >= 15 is 0 Å². The van der Waals surface area contributed by atoms with Crippen molar-refractivity contribution in [2.45, 2.75) is 31.8 Å². The van der Waals surface area contributed by atoms with Crippen LogP contribution in [-0.2, 0) is 11.2 Å². The minimum Gasteiger partial charge on any atom is -0.388 e. The van der Waals surface area contributed by atoms with Crippen molar-refractivity contribution >= 4 is 29.9 Å². The predicted molar refractivity (Wildman–Crippen MR) is 105 cm³/mol. The monoisotopic (exact) mass is 451 g/mol. The highest BCUT2D eigenvalue weighted by Crippen LogP contribution is 2.20. The first-order valence-corrected chi connectivity index (χ1v) is 8.18. The van der Waals surface area contributed by atoms with Crippen LogP contribution < -0.4 is 10.6 Å². The van der Waals surface area contributed by atoms with Gasteiger partial charge in [0.25, 0.3) is 0 Å². The summed E-state index contributed by atoms with van der Waals surface area (Å²) in [5.74, 6) is 0.468. The summed E-state index contributed by atoms with van der Waals surface area (Å²) in [6, 6.07) is 6.50. The van der Waals surface area contributed by atoms with Gasteiger partial charge in [-0.05, 0) is 31.0 Å². The summed E-state index contributed by atoms with van der Waals surface area (Å²) < 4.78 is 18.1. The number of nitrogens with one attached hydrogen (secondary N) is 2. The summed E-state index contributed by atoms with van der Waals surface area (Å²) in [7, 11) is 0. The molecule has 1 aliphatic rings. The Kier molecular flexibility index (Phi) is 9.53. The molecule has 2 rings (SSSR count). The standard InChI is InChI=1S/C17H26FN3O2.HI/c1-2-19-16(21-13-17(22)8-11-23-12-9-17)20-10-7-14-3-5-15(18)6-4-14;/h3-6,22H,2,7-13H2,1H3,(H2,19,20,21);1H. The number of aliphatic hydroxyl groups is 1. The molecule has 1 heterocycles. The lowest BCUT2D eigenvalue weighted by Crippen LogP contribution is -2.43. The van der Waals surface area contributed by atoms with Gasteiger partial charge in [-0.25, -0.2) is 4.39 Å². The Morgan fingerprint density at radius 1 is 1.25 bits per heavy atom. The number of aliphatic imine (C=N–C) groups is 1. The summed E-state index contributed by atoms with van der Waals surface area (Å²) in [4.78, 5) is 4.48. The number of ether oxygens (including phenoxy) is 1. The maximum atomic E-state index is 12.9. The van der Waals surface area contributed by atoms with Crippen molar-refractivity contribution in [1.29, 1.82) is 0 Å². The molecular formula is C17H27FIN3O2. The smallest absolute Gasteiger partial charge is 0.191 e. The molecule has 7 heteroatoms. The molecule has 0 amide bonds. The van der Waals surface area contributed by atoms with Gasteiger partial charge in [0, 0.05) is 39.1 Å². The third-order valence-corrected chi connectivity index (χ3v) is 3.92. The van der Waals surface area contributed by atoms with Gasteiger partial charge < -0.3 is 20.5 Å². The minimum absolute atomic E-state index is 0. The van der Waals surface area contributed by atoms with Crippen LogP contribution in [0, 0.1) is 5.82 Å². The number of halogens is 2. The van der Waals surface area contributed by atoms with Crippen molar-refractivity contribution in [3.63, 3.8) is 0 Å². The highest BCUT2D eigenvalue weighted by molar-refractivity contribution is 14.0. The SMILES string of the molecule is CCNC(=NCC1(O)CCOCC1)NCCc1ccc(F)cc1.I. The zero-order chi connectivity index (χ0) is 16.5. The number of rotatable bonds is 6. The normalized spacial score (nSPS) is 17.0. The molecule has 5 nitrogen and oxygen atoms in total. The van der Waals surface area contributed by atoms with Crippen molar-refractivity contribution in [3.05, 3.63) is 35.6 Å². The Morgan fingerprint density at radius 2 is 1.92 bits per heavy atom. The van der Waals surface area contributed by atoms with E-state index in [-0.39, 0.29) is 29.8 Å². The van der Waals surface area contributed by atoms with Gasteiger partial charge in [-0.1, -0.05) is 12.1 Å². The summed E-state index contributed by atoms with van der Waals surface area (Å²) in [6.45, 7) is 4.98. The fraction of sp³-hybridized carbons (Fsp3) is 0.588. The first-order valence-electron chi connectivity index (χ1n) is 8.18. The lowest BCUT2D eigenvalue weighted by molar-refractivity contribution is -0.0565. The highest BCUT2D eigenvalue weighted by Gasteiger charge is 2.29. The molecule has 3 N–H and O–H groups in total. The van der Waals surface area contributed by atoms with Crippen molar-refractivity contribution in [1.82, 2.24) is 10.6 Å². The van der Waals surface area contributed by atoms with Crippen LogP contribution in [0.1, 0.15) is 25.3 Å². The minimum atomic E-state index is -0.766. The Hall–Kier alpha value is -0.930. The maximum absolute atomic E-state index is 12.9. The first kappa shape index (κ1) is 21.1. The van der Waals surface area contributed by atoms with Gasteiger partial charge in [-0.3, -0.25) is 4.99 Å². The van der Waals surface area contributed by atoms with Gasteiger partial charge in [0.2, 0.25) is 0 Å². The van der Waals surface area contributed by atoms with E-state index in [9.17, 15) is 9.50 Å². The molecule has 0 saturated carbocycles. The van der Waals surface area contributed by atoms with E-state index < -0.39 is 5.60 Å². The second-order valence-corrected chi connectivity index (χ2v) is 5.84. The Morgan fingerprint density at radius 3 is 2.54 bits per heavy atom. The third-order valence-electron chi connectivity index (χ3n) is 3.92. The molecule has 1 fully saturated rings. The molecule has 1 aromatic rings. The van der Waals surface area contributed by atoms with Gasteiger partial charge in [0.1, 0.15) is 5.82 Å². The molecule has 0 spiro atoms. The Labute approximate surface area is 160 Å². The molecule has 0 bridgehead atoms. The number of benzene rings is 1. The summed E-state index contributed by atoms with van der Waals surface area (Å²) >= 11 is 0. The van der Waals surface area contributed by atoms with E-state index in [0.717, 1.165) is 18.5 Å². The molecule has 0 radical (unpaired) electrons. The van der Waals surface area contributed by atoms with E-state index in [0.29, 0.717) is 45.1 Å². The van der Waals surface area contributed by atoms with Crippen LogP contribution in [0.3, 0.4) is 0 Å². The van der Waals surface area contributed by atoms with E-state index in [2.05, 4.69) is 15.6 Å². The van der Waals surface area contributed by atoms with Gasteiger partial charge in [0.05, 0.1) is 12.1 Å². The highest BCUT2D eigenvalue weighted by atomic mass is 127. The number of hydrogen-bond donors (Lipinski definition) is 3. The van der Waals surface area contributed by atoms with E-state index in [1.165, 1.54) is 12.1 Å². The molecule has 0 unspecified atom stereocenters. The molecule has 0 aliphatic carbocycles. The molecule has 1 aromatic carbocycles. The van der Waals surface area contributed by atoms with Crippen molar-refractivity contribution < 1.29 is 14.2 Å². The molecule has 0 atom stereocenters. The second-order valence-electron chi connectivity index (χ2n) is 5.84.